The Bertz CT molecular complexity index is 1820. The number of H-pyrrole nitrogens is 2. The van der Waals surface area contributed by atoms with E-state index in [1.807, 2.05) is 7.05 Å². The molecule has 0 radical (unpaired) electrons. The summed E-state index contributed by atoms with van der Waals surface area (Å²) < 4.78 is 38.5. The van der Waals surface area contributed by atoms with Gasteiger partial charge < -0.3 is 34.8 Å². The molecule has 2 amide bonds. The van der Waals surface area contributed by atoms with E-state index in [1.54, 1.807) is 18.2 Å². The largest absolute Gasteiger partial charge is 0.494 e. The molecule has 2 aromatic carbocycles. The molecule has 2 aliphatic heterocycles. The number of nitrogens with one attached hydrogen (secondary N) is 3. The number of anilines is 1. The zero-order chi connectivity index (χ0) is 32.0. The summed E-state index contributed by atoms with van der Waals surface area (Å²) in [5.41, 5.74) is 1.30. The van der Waals surface area contributed by atoms with E-state index < -0.39 is 46.4 Å². The number of nitrogens with zero attached hydrogens (tertiary/aromatic N) is 3. The van der Waals surface area contributed by atoms with Gasteiger partial charge in [-0.2, -0.15) is 0 Å². The van der Waals surface area contributed by atoms with Gasteiger partial charge in [0.2, 0.25) is 0 Å². The highest BCUT2D eigenvalue weighted by Gasteiger charge is 2.41. The minimum Gasteiger partial charge on any atom is -0.494 e. The molecule has 45 heavy (non-hydrogen) atoms. The number of halogens is 3. The molecule has 1 atom stereocenters. The molecule has 236 valence electrons. The van der Waals surface area contributed by atoms with Crippen molar-refractivity contribution in [2.75, 3.05) is 45.7 Å². The molecular formula is C30H29ClF2N6O6. The van der Waals surface area contributed by atoms with Gasteiger partial charge in [0.05, 0.1) is 35.0 Å². The van der Waals surface area contributed by atoms with Crippen LogP contribution in [0.5, 0.6) is 11.5 Å². The van der Waals surface area contributed by atoms with Crippen LogP contribution in [0.1, 0.15) is 33.6 Å². The number of ether oxygens (including phenoxy) is 2. The van der Waals surface area contributed by atoms with Crippen molar-refractivity contribution in [3.05, 3.63) is 68.6 Å². The molecule has 12 nitrogen and oxygen atoms in total. The number of aromatic nitrogens is 3. The van der Waals surface area contributed by atoms with Crippen LogP contribution in [0.4, 0.5) is 14.5 Å². The van der Waals surface area contributed by atoms with Gasteiger partial charge in [0.1, 0.15) is 29.1 Å². The van der Waals surface area contributed by atoms with Crippen molar-refractivity contribution >= 4 is 40.1 Å². The lowest BCUT2D eigenvalue weighted by Gasteiger charge is -2.33. The van der Waals surface area contributed by atoms with Gasteiger partial charge in [-0.1, -0.05) is 11.6 Å². The Morgan fingerprint density at radius 3 is 2.58 bits per heavy atom. The number of carbonyl (C=O) groups is 2. The van der Waals surface area contributed by atoms with Gasteiger partial charge in [0.15, 0.2) is 23.1 Å². The lowest BCUT2D eigenvalue weighted by atomic mass is 10.0. The van der Waals surface area contributed by atoms with E-state index >= 15 is 0 Å². The number of methoxy groups -OCH3 is 1. The highest BCUT2D eigenvalue weighted by molar-refractivity contribution is 6.32. The third-order valence-electron chi connectivity index (χ3n) is 8.02. The minimum absolute atomic E-state index is 0.110. The third-order valence-corrected chi connectivity index (χ3v) is 8.36. The number of aliphatic hydroxyl groups excluding tert-OH is 1. The number of piperidine rings is 1. The predicted octanol–water partition coefficient (Wildman–Crippen LogP) is 3.40. The number of imidazole rings is 1. The summed E-state index contributed by atoms with van der Waals surface area (Å²) in [5.74, 6) is -3.48. The highest BCUT2D eigenvalue weighted by Crippen LogP contribution is 2.36. The quantitative estimate of drug-likeness (QED) is 0.159. The first-order valence-corrected chi connectivity index (χ1v) is 14.5. The van der Waals surface area contributed by atoms with Gasteiger partial charge in [-0.3, -0.25) is 19.3 Å². The number of aliphatic hydroxyl groups is 1. The Hall–Kier alpha value is -4.53. The van der Waals surface area contributed by atoms with E-state index in [9.17, 15) is 28.3 Å². The minimum atomic E-state index is -1.24. The Labute approximate surface area is 259 Å². The monoisotopic (exact) mass is 642 g/mol. The SMILES string of the molecule is COc1cc(F)c(OCC(O)CNc2cc[nH]c(=O)c2-c2nc3cc4c(cc3[nH]2)C(=O)N(C2CCN(C)CC2)C4=O)c(Cl)c1F. The molecular weight excluding hydrogens is 614 g/mol. The fourth-order valence-corrected chi connectivity index (χ4v) is 5.87. The van der Waals surface area contributed by atoms with Crippen LogP contribution >= 0.6 is 11.6 Å². The van der Waals surface area contributed by atoms with Gasteiger partial charge in [0, 0.05) is 24.8 Å². The summed E-state index contributed by atoms with van der Waals surface area (Å²) in [4.78, 5) is 53.2. The number of fused-ring (bicyclic) bond motifs is 2. The zero-order valence-electron chi connectivity index (χ0n) is 24.2. The van der Waals surface area contributed by atoms with E-state index in [2.05, 4.69) is 25.2 Å². The number of carbonyl (C=O) groups excluding carboxylic acids is 2. The molecule has 2 aromatic heterocycles. The number of imide groups is 1. The summed E-state index contributed by atoms with van der Waals surface area (Å²) in [7, 11) is 3.17. The molecule has 1 unspecified atom stereocenters. The van der Waals surface area contributed by atoms with Crippen LogP contribution in [-0.4, -0.2) is 94.2 Å². The van der Waals surface area contributed by atoms with E-state index in [1.165, 1.54) is 11.1 Å². The Morgan fingerprint density at radius 1 is 1.16 bits per heavy atom. The van der Waals surface area contributed by atoms with E-state index in [0.717, 1.165) is 26.3 Å². The van der Waals surface area contributed by atoms with Crippen LogP contribution in [0.2, 0.25) is 5.02 Å². The first-order chi connectivity index (χ1) is 21.6. The molecule has 4 aromatic rings. The first-order valence-electron chi connectivity index (χ1n) is 14.2. The summed E-state index contributed by atoms with van der Waals surface area (Å²) >= 11 is 5.87. The maximum absolute atomic E-state index is 14.3. The molecule has 0 spiro atoms. The zero-order valence-corrected chi connectivity index (χ0v) is 25.0. The van der Waals surface area contributed by atoms with Crippen LogP contribution in [0, 0.1) is 11.6 Å². The second kappa shape index (κ2) is 12.1. The van der Waals surface area contributed by atoms with Crippen molar-refractivity contribution < 1.29 is 33.0 Å². The lowest BCUT2D eigenvalue weighted by molar-refractivity contribution is 0.0516. The number of hydrogen-bond donors (Lipinski definition) is 4. The smallest absolute Gasteiger partial charge is 0.261 e. The lowest BCUT2D eigenvalue weighted by Crippen LogP contribution is -2.46. The number of hydrogen-bond acceptors (Lipinski definition) is 9. The summed E-state index contributed by atoms with van der Waals surface area (Å²) in [6, 6.07) is 5.30. The number of likely N-dealkylation sites (tertiary alicyclic amines) is 1. The molecule has 1 fully saturated rings. The maximum atomic E-state index is 14.3. The van der Waals surface area contributed by atoms with Gasteiger partial charge >= 0.3 is 0 Å². The number of amides is 2. The molecule has 15 heteroatoms. The highest BCUT2D eigenvalue weighted by atomic mass is 35.5. The molecule has 0 aliphatic carbocycles. The number of rotatable bonds is 9. The molecule has 1 saturated heterocycles. The van der Waals surface area contributed by atoms with Gasteiger partial charge in [-0.25, -0.2) is 13.8 Å². The molecule has 0 bridgehead atoms. The van der Waals surface area contributed by atoms with Gasteiger partial charge in [-0.15, -0.1) is 0 Å². The first kappa shape index (κ1) is 30.5. The molecule has 2 aliphatic rings. The molecule has 6 rings (SSSR count). The molecule has 4 heterocycles. The second-order valence-corrected chi connectivity index (χ2v) is 11.4. The van der Waals surface area contributed by atoms with Gasteiger partial charge in [-0.05, 0) is 51.2 Å². The maximum Gasteiger partial charge on any atom is 0.261 e. The topological polar surface area (TPSA) is 153 Å². The van der Waals surface area contributed by atoms with Crippen molar-refractivity contribution in [3.8, 4) is 22.9 Å². The van der Waals surface area contributed by atoms with Gasteiger partial charge in [0.25, 0.3) is 17.4 Å². The third kappa shape index (κ3) is 5.60. The molecule has 0 saturated carbocycles. The Balaban J connectivity index is 1.19. The molecule has 4 N–H and O–H groups in total. The van der Waals surface area contributed by atoms with Crippen LogP contribution in [0.15, 0.2) is 35.3 Å². The second-order valence-electron chi connectivity index (χ2n) is 11.0. The fraction of sp³-hybridized carbons (Fsp3) is 0.333. The number of pyridine rings is 1. The van der Waals surface area contributed by atoms with Crippen LogP contribution in [0.3, 0.4) is 0 Å². The van der Waals surface area contributed by atoms with Crippen LogP contribution in [0.25, 0.3) is 22.4 Å². The normalized spacial score (nSPS) is 16.4. The van der Waals surface area contributed by atoms with Crippen molar-refractivity contribution in [1.29, 1.82) is 0 Å². The van der Waals surface area contributed by atoms with E-state index in [0.29, 0.717) is 29.6 Å². The predicted molar refractivity (Wildman–Crippen MR) is 161 cm³/mol. The fourth-order valence-electron chi connectivity index (χ4n) is 5.63. The van der Waals surface area contributed by atoms with E-state index in [4.69, 9.17) is 21.1 Å². The van der Waals surface area contributed by atoms with Crippen LogP contribution < -0.4 is 20.3 Å². The standard InChI is InChI=1S/C30H29ClF2N6O6/c1-38-7-4-14(5-8-38)39-29(42)16-9-20-21(10-17(16)30(39)43)37-27(36-20)23-19(3-6-34-28(23)41)35-12-15(40)13-45-26-18(32)11-22(44-2)25(33)24(26)31/h3,6,9-11,14-15,40H,4-5,7-8,12-13H2,1-2H3,(H,36,37)(H2,34,35,41). The summed E-state index contributed by atoms with van der Waals surface area (Å²) in [6.45, 7) is 0.982. The Morgan fingerprint density at radius 2 is 1.87 bits per heavy atom. The Kier molecular flexibility index (Phi) is 8.20. The van der Waals surface area contributed by atoms with Crippen molar-refractivity contribution in [2.45, 2.75) is 25.0 Å². The average Bonchev–Trinajstić information content (AvgIpc) is 3.54. The average molecular weight is 643 g/mol. The summed E-state index contributed by atoms with van der Waals surface area (Å²) in [6.07, 6.45) is 1.58. The number of aromatic amines is 2. The van der Waals surface area contributed by atoms with Crippen molar-refractivity contribution in [2.24, 2.45) is 0 Å². The summed E-state index contributed by atoms with van der Waals surface area (Å²) in [5, 5.41) is 12.8. The number of benzene rings is 2. The van der Waals surface area contributed by atoms with E-state index in [-0.39, 0.29) is 46.9 Å². The van der Waals surface area contributed by atoms with Crippen molar-refractivity contribution in [3.63, 3.8) is 0 Å². The van der Waals surface area contributed by atoms with Crippen molar-refractivity contribution in [1.82, 2.24) is 24.8 Å². The van der Waals surface area contributed by atoms with Crippen LogP contribution in [-0.2, 0) is 0 Å².